The third-order valence-corrected chi connectivity index (χ3v) is 1.66. The quantitative estimate of drug-likeness (QED) is 0.683. The molecule has 12 heavy (non-hydrogen) atoms. The van der Waals surface area contributed by atoms with Crippen LogP contribution in [0.25, 0.3) is 0 Å². The van der Waals surface area contributed by atoms with Crippen LogP contribution in [0.4, 0.5) is 8.78 Å². The van der Waals surface area contributed by atoms with Gasteiger partial charge in [0.15, 0.2) is 11.6 Å². The van der Waals surface area contributed by atoms with Gasteiger partial charge in [-0.2, -0.15) is 0 Å². The lowest BCUT2D eigenvalue weighted by molar-refractivity contribution is 0.184. The Balaban J connectivity index is 3.09. The monoisotopic (exact) mass is 212 g/mol. The van der Waals surface area contributed by atoms with Gasteiger partial charge in [0.25, 0.3) is 0 Å². The van der Waals surface area contributed by atoms with Crippen molar-refractivity contribution in [3.8, 4) is 5.75 Å². The van der Waals surface area contributed by atoms with Crippen molar-refractivity contribution in [2.24, 2.45) is 0 Å². The van der Waals surface area contributed by atoms with E-state index in [0.29, 0.717) is 0 Å². The molecule has 0 unspecified atom stereocenters. The molecule has 0 amide bonds. The van der Waals surface area contributed by atoms with Crippen molar-refractivity contribution < 1.29 is 13.5 Å². The van der Waals surface area contributed by atoms with E-state index in [2.05, 4.69) is 4.74 Å². The smallest absolute Gasteiger partial charge is 0.228 e. The fraction of sp³-hybridized carbons (Fsp3) is 0.143. The predicted octanol–water partition coefficient (Wildman–Crippen LogP) is 3.44. The summed E-state index contributed by atoms with van der Waals surface area (Å²) in [4.78, 5) is 0. The number of hydrogen-bond acceptors (Lipinski definition) is 1. The Kier molecular flexibility index (Phi) is 3.12. The molecule has 0 heterocycles. The highest BCUT2D eigenvalue weighted by molar-refractivity contribution is 6.34. The Hall–Kier alpha value is -0.540. The van der Waals surface area contributed by atoms with Crippen molar-refractivity contribution in [1.82, 2.24) is 0 Å². The van der Waals surface area contributed by atoms with Crippen LogP contribution in [0.1, 0.15) is 0 Å². The third-order valence-electron chi connectivity index (χ3n) is 1.17. The molecule has 1 rings (SSSR count). The van der Waals surface area contributed by atoms with Crippen molar-refractivity contribution in [1.29, 1.82) is 0 Å². The standard InChI is InChI=1S/C7H4Cl2F2O/c8-4-1-5(9)7(11)6(2-4)12-3-10/h1-2H,3H2. The fourth-order valence-electron chi connectivity index (χ4n) is 0.696. The lowest BCUT2D eigenvalue weighted by atomic mass is 10.3. The molecule has 1 nitrogen and oxygen atoms in total. The molecular weight excluding hydrogens is 209 g/mol. The van der Waals surface area contributed by atoms with Crippen LogP contribution in [0.3, 0.4) is 0 Å². The van der Waals surface area contributed by atoms with Gasteiger partial charge in [-0.3, -0.25) is 0 Å². The molecule has 0 atom stereocenters. The summed E-state index contributed by atoms with van der Waals surface area (Å²) in [5, 5.41) is 0.0100. The van der Waals surface area contributed by atoms with Gasteiger partial charge < -0.3 is 4.74 Å². The molecule has 0 N–H and O–H groups in total. The first kappa shape index (κ1) is 9.55. The summed E-state index contributed by atoms with van der Waals surface area (Å²) in [6, 6.07) is 2.37. The minimum Gasteiger partial charge on any atom is -0.460 e. The Labute approximate surface area is 77.8 Å². The van der Waals surface area contributed by atoms with Gasteiger partial charge in [-0.05, 0) is 6.07 Å². The Bertz CT molecular complexity index is 291. The van der Waals surface area contributed by atoms with Crippen molar-refractivity contribution in [3.63, 3.8) is 0 Å². The maximum Gasteiger partial charge on any atom is 0.228 e. The summed E-state index contributed by atoms with van der Waals surface area (Å²) in [6.45, 7) is -1.12. The van der Waals surface area contributed by atoms with Gasteiger partial charge in [-0.25, -0.2) is 8.78 Å². The van der Waals surface area contributed by atoms with Gasteiger partial charge >= 0.3 is 0 Å². The van der Waals surface area contributed by atoms with E-state index in [1.165, 1.54) is 6.07 Å². The molecular formula is C7H4Cl2F2O. The lowest BCUT2D eigenvalue weighted by Crippen LogP contribution is -1.93. The number of hydrogen-bond donors (Lipinski definition) is 0. The highest BCUT2D eigenvalue weighted by Crippen LogP contribution is 2.29. The molecule has 66 valence electrons. The molecule has 0 radical (unpaired) electrons. The summed E-state index contributed by atoms with van der Waals surface area (Å²) in [7, 11) is 0. The molecule has 1 aromatic carbocycles. The molecule has 0 aromatic heterocycles. The maximum absolute atomic E-state index is 12.9. The van der Waals surface area contributed by atoms with Crippen LogP contribution in [-0.4, -0.2) is 6.86 Å². The summed E-state index contributed by atoms with van der Waals surface area (Å²) >= 11 is 10.9. The minimum absolute atomic E-state index is 0.189. The van der Waals surface area contributed by atoms with Crippen LogP contribution in [0, 0.1) is 5.82 Å². The molecule has 0 aliphatic rings. The number of rotatable bonds is 2. The molecule has 0 spiro atoms. The molecule has 0 saturated carbocycles. The van der Waals surface area contributed by atoms with E-state index in [4.69, 9.17) is 23.2 Å². The van der Waals surface area contributed by atoms with Gasteiger partial charge in [0.1, 0.15) is 0 Å². The lowest BCUT2D eigenvalue weighted by Gasteiger charge is -2.04. The zero-order valence-electron chi connectivity index (χ0n) is 5.78. The molecule has 1 aromatic rings. The van der Waals surface area contributed by atoms with Crippen LogP contribution >= 0.6 is 23.2 Å². The minimum atomic E-state index is -1.12. The van der Waals surface area contributed by atoms with Crippen LogP contribution in [0.5, 0.6) is 5.75 Å². The number of alkyl halides is 1. The Morgan fingerprint density at radius 1 is 1.33 bits per heavy atom. The summed E-state index contributed by atoms with van der Waals surface area (Å²) in [6.07, 6.45) is 0. The largest absolute Gasteiger partial charge is 0.460 e. The van der Waals surface area contributed by atoms with E-state index in [1.54, 1.807) is 0 Å². The fourth-order valence-corrected chi connectivity index (χ4v) is 1.17. The second kappa shape index (κ2) is 3.92. The predicted molar refractivity (Wildman–Crippen MR) is 43.0 cm³/mol. The van der Waals surface area contributed by atoms with Crippen LogP contribution in [-0.2, 0) is 0 Å². The average Bonchev–Trinajstić information content (AvgIpc) is 2.00. The zero-order chi connectivity index (χ0) is 9.14. The SMILES string of the molecule is FCOc1cc(Cl)cc(Cl)c1F. The van der Waals surface area contributed by atoms with Crippen molar-refractivity contribution in [3.05, 3.63) is 28.0 Å². The van der Waals surface area contributed by atoms with E-state index in [9.17, 15) is 8.78 Å². The molecule has 0 fully saturated rings. The first-order valence-electron chi connectivity index (χ1n) is 2.98. The number of benzene rings is 1. The highest BCUT2D eigenvalue weighted by atomic mass is 35.5. The maximum atomic E-state index is 12.9. The number of halogens is 4. The van der Waals surface area contributed by atoms with E-state index in [1.807, 2.05) is 0 Å². The van der Waals surface area contributed by atoms with Crippen molar-refractivity contribution in [2.45, 2.75) is 0 Å². The van der Waals surface area contributed by atoms with Gasteiger partial charge in [0, 0.05) is 11.1 Å². The van der Waals surface area contributed by atoms with E-state index in [0.717, 1.165) is 6.07 Å². The van der Waals surface area contributed by atoms with Crippen molar-refractivity contribution in [2.75, 3.05) is 6.86 Å². The Morgan fingerprint density at radius 2 is 2.00 bits per heavy atom. The summed E-state index contributed by atoms with van der Waals surface area (Å²) in [5.41, 5.74) is 0. The molecule has 0 saturated heterocycles. The van der Waals surface area contributed by atoms with Crippen LogP contribution in [0.15, 0.2) is 12.1 Å². The van der Waals surface area contributed by atoms with Gasteiger partial charge in [0.05, 0.1) is 5.02 Å². The molecule has 5 heteroatoms. The van der Waals surface area contributed by atoms with Crippen molar-refractivity contribution >= 4 is 23.2 Å². The second-order valence-corrected chi connectivity index (χ2v) is 2.80. The normalized spacial score (nSPS) is 10.0. The topological polar surface area (TPSA) is 9.23 Å². The first-order valence-corrected chi connectivity index (χ1v) is 3.74. The Morgan fingerprint density at radius 3 is 2.58 bits per heavy atom. The van der Waals surface area contributed by atoms with E-state index < -0.39 is 12.7 Å². The second-order valence-electron chi connectivity index (χ2n) is 1.95. The van der Waals surface area contributed by atoms with Gasteiger partial charge in [-0.15, -0.1) is 0 Å². The molecule has 0 bridgehead atoms. The zero-order valence-corrected chi connectivity index (χ0v) is 7.29. The number of ether oxygens (including phenoxy) is 1. The van der Waals surface area contributed by atoms with Gasteiger partial charge in [0.2, 0.25) is 6.86 Å². The van der Waals surface area contributed by atoms with Crippen LogP contribution < -0.4 is 4.74 Å². The van der Waals surface area contributed by atoms with E-state index >= 15 is 0 Å². The summed E-state index contributed by atoms with van der Waals surface area (Å²) < 4.78 is 28.8. The first-order chi connectivity index (χ1) is 5.65. The van der Waals surface area contributed by atoms with Gasteiger partial charge in [-0.1, -0.05) is 23.2 Å². The summed E-state index contributed by atoms with van der Waals surface area (Å²) in [5.74, 6) is -1.09. The van der Waals surface area contributed by atoms with E-state index in [-0.39, 0.29) is 15.8 Å². The third kappa shape index (κ3) is 1.99. The highest BCUT2D eigenvalue weighted by Gasteiger charge is 2.09. The molecule has 0 aliphatic carbocycles. The molecule has 0 aliphatic heterocycles. The van der Waals surface area contributed by atoms with Crippen LogP contribution in [0.2, 0.25) is 10.0 Å². The average molecular weight is 213 g/mol.